The van der Waals surface area contributed by atoms with Crippen LogP contribution in [-0.4, -0.2) is 21.0 Å². The molecular weight excluding hydrogens is 350 g/mol. The number of amidine groups is 1. The van der Waals surface area contributed by atoms with E-state index in [4.69, 9.17) is 20.7 Å². The quantitative estimate of drug-likeness (QED) is 0.358. The topological polar surface area (TPSA) is 105 Å². The van der Waals surface area contributed by atoms with Gasteiger partial charge < -0.3 is 15.2 Å². The maximum atomic E-state index is 7.77. The molecule has 140 valence electrons. The van der Waals surface area contributed by atoms with E-state index >= 15 is 0 Å². The molecule has 5 rings (SSSR count). The van der Waals surface area contributed by atoms with Gasteiger partial charge in [-0.3, -0.25) is 5.41 Å². The highest BCUT2D eigenvalue weighted by atomic mass is 16.5. The number of benzene rings is 2. The zero-order valence-corrected chi connectivity index (χ0v) is 15.8. The molecule has 0 bridgehead atoms. The molecule has 1 aliphatic carbocycles. The highest BCUT2D eigenvalue weighted by molar-refractivity contribution is 6.00. The number of rotatable bonds is 4. The second-order valence-corrected chi connectivity index (χ2v) is 7.51. The number of imidazole rings is 1. The van der Waals surface area contributed by atoms with Crippen LogP contribution >= 0.6 is 0 Å². The summed E-state index contributed by atoms with van der Waals surface area (Å²) < 4.78 is 5.39. The summed E-state index contributed by atoms with van der Waals surface area (Å²) >= 11 is 0. The lowest BCUT2D eigenvalue weighted by atomic mass is 9.95. The van der Waals surface area contributed by atoms with E-state index in [1.807, 2.05) is 38.1 Å². The zero-order valence-electron chi connectivity index (χ0n) is 15.8. The van der Waals surface area contributed by atoms with Gasteiger partial charge in [-0.25, -0.2) is 4.98 Å². The first-order chi connectivity index (χ1) is 13.5. The predicted octanol–water partition coefficient (Wildman–Crippen LogP) is 4.66. The number of aromatic nitrogens is 3. The number of H-pyrrole nitrogens is 1. The van der Waals surface area contributed by atoms with Crippen molar-refractivity contribution in [1.82, 2.24) is 15.1 Å². The van der Waals surface area contributed by atoms with Gasteiger partial charge in [0.25, 0.3) is 0 Å². The Morgan fingerprint density at radius 1 is 1.18 bits per heavy atom. The average molecular weight is 371 g/mol. The van der Waals surface area contributed by atoms with Crippen molar-refractivity contribution in [2.75, 3.05) is 0 Å². The van der Waals surface area contributed by atoms with Gasteiger partial charge in [-0.15, -0.1) is 0 Å². The number of aryl methyl sites for hydroxylation is 2. The Kier molecular flexibility index (Phi) is 3.62. The van der Waals surface area contributed by atoms with Crippen molar-refractivity contribution in [3.63, 3.8) is 0 Å². The molecule has 0 amide bonds. The minimum atomic E-state index is 0.0562. The second kappa shape index (κ2) is 6.05. The largest absolute Gasteiger partial charge is 0.384 e. The summed E-state index contributed by atoms with van der Waals surface area (Å²) in [5, 5.41) is 11.9. The third-order valence-electron chi connectivity index (χ3n) is 5.38. The summed E-state index contributed by atoms with van der Waals surface area (Å²) in [5.74, 6) is 2.43. The van der Waals surface area contributed by atoms with E-state index in [-0.39, 0.29) is 5.84 Å². The standard InChI is InChI=1S/C22H21N5O/c1-11-19(12(2)28-27-11)16-9-17(14-4-3-5-15(8-14)21(23)24)20-18(10-16)25-22(26-20)13-6-7-13/h3-5,8-10,13H,6-7H2,1-2H3,(H3,23,24)(H,25,26). The van der Waals surface area contributed by atoms with Crippen molar-refractivity contribution < 1.29 is 4.52 Å². The number of aromatic amines is 1. The van der Waals surface area contributed by atoms with Crippen LogP contribution in [0.4, 0.5) is 0 Å². The van der Waals surface area contributed by atoms with Gasteiger partial charge in [0.15, 0.2) is 0 Å². The van der Waals surface area contributed by atoms with Gasteiger partial charge in [0, 0.05) is 22.6 Å². The van der Waals surface area contributed by atoms with Gasteiger partial charge in [-0.2, -0.15) is 0 Å². The maximum Gasteiger partial charge on any atom is 0.141 e. The lowest BCUT2D eigenvalue weighted by molar-refractivity contribution is 0.393. The first kappa shape index (κ1) is 16.7. The van der Waals surface area contributed by atoms with Gasteiger partial charge in [-0.1, -0.05) is 23.4 Å². The van der Waals surface area contributed by atoms with Crippen molar-refractivity contribution in [2.45, 2.75) is 32.6 Å². The molecule has 4 aromatic rings. The molecule has 0 radical (unpaired) electrons. The van der Waals surface area contributed by atoms with Crippen LogP contribution in [0.2, 0.25) is 0 Å². The normalized spacial score (nSPS) is 13.9. The Morgan fingerprint density at radius 3 is 2.68 bits per heavy atom. The SMILES string of the molecule is Cc1noc(C)c1-c1cc(-c2cccc(C(=N)N)c2)c2nc(C3CC3)[nH]c2c1. The second-order valence-electron chi connectivity index (χ2n) is 7.51. The minimum Gasteiger partial charge on any atom is -0.384 e. The van der Waals surface area contributed by atoms with E-state index in [0.717, 1.165) is 50.6 Å². The van der Waals surface area contributed by atoms with Crippen LogP contribution in [0.1, 0.15) is 41.6 Å². The molecule has 1 fully saturated rings. The molecule has 2 aromatic carbocycles. The smallest absolute Gasteiger partial charge is 0.141 e. The van der Waals surface area contributed by atoms with Crippen LogP contribution in [0, 0.1) is 19.3 Å². The molecule has 2 aromatic heterocycles. The molecule has 1 aliphatic rings. The van der Waals surface area contributed by atoms with E-state index < -0.39 is 0 Å². The third kappa shape index (κ3) is 2.69. The van der Waals surface area contributed by atoms with Crippen molar-refractivity contribution >= 4 is 16.9 Å². The molecule has 1 saturated carbocycles. The summed E-state index contributed by atoms with van der Waals surface area (Å²) in [6, 6.07) is 12.0. The number of nitrogens with zero attached hydrogens (tertiary/aromatic N) is 2. The highest BCUT2D eigenvalue weighted by Crippen LogP contribution is 2.41. The molecule has 0 unspecified atom stereocenters. The zero-order chi connectivity index (χ0) is 19.4. The number of nitrogens with one attached hydrogen (secondary N) is 2. The third-order valence-corrected chi connectivity index (χ3v) is 5.38. The van der Waals surface area contributed by atoms with E-state index in [0.29, 0.717) is 11.5 Å². The number of hydrogen-bond acceptors (Lipinski definition) is 4. The number of hydrogen-bond donors (Lipinski definition) is 3. The van der Waals surface area contributed by atoms with Crippen LogP contribution in [0.15, 0.2) is 40.9 Å². The summed E-state index contributed by atoms with van der Waals surface area (Å²) in [7, 11) is 0. The van der Waals surface area contributed by atoms with Crippen LogP contribution in [-0.2, 0) is 0 Å². The Balaban J connectivity index is 1.78. The summed E-state index contributed by atoms with van der Waals surface area (Å²) in [5.41, 5.74) is 13.3. The molecule has 4 N–H and O–H groups in total. The molecule has 0 saturated heterocycles. The Bertz CT molecular complexity index is 1210. The highest BCUT2D eigenvalue weighted by Gasteiger charge is 2.27. The number of fused-ring (bicyclic) bond motifs is 1. The molecule has 0 aliphatic heterocycles. The molecule has 2 heterocycles. The minimum absolute atomic E-state index is 0.0562. The average Bonchev–Trinajstić information content (AvgIpc) is 3.36. The van der Waals surface area contributed by atoms with Crippen molar-refractivity contribution in [3.8, 4) is 22.3 Å². The Labute approximate surface area is 162 Å². The molecule has 0 spiro atoms. The summed E-state index contributed by atoms with van der Waals surface area (Å²) in [4.78, 5) is 8.43. The van der Waals surface area contributed by atoms with Gasteiger partial charge in [0.05, 0.1) is 16.7 Å². The first-order valence-corrected chi connectivity index (χ1v) is 9.43. The fourth-order valence-corrected chi connectivity index (χ4v) is 3.80. The van der Waals surface area contributed by atoms with Crippen molar-refractivity contribution in [3.05, 3.63) is 59.2 Å². The van der Waals surface area contributed by atoms with Crippen LogP contribution in [0.3, 0.4) is 0 Å². The van der Waals surface area contributed by atoms with Gasteiger partial charge in [-0.05, 0) is 56.0 Å². The van der Waals surface area contributed by atoms with Gasteiger partial charge in [0.1, 0.15) is 17.4 Å². The molecule has 6 heteroatoms. The van der Waals surface area contributed by atoms with Crippen LogP contribution in [0.25, 0.3) is 33.3 Å². The van der Waals surface area contributed by atoms with Crippen molar-refractivity contribution in [1.29, 1.82) is 5.41 Å². The predicted molar refractivity (Wildman–Crippen MR) is 109 cm³/mol. The summed E-state index contributed by atoms with van der Waals surface area (Å²) in [6.07, 6.45) is 2.37. The van der Waals surface area contributed by atoms with E-state index in [1.54, 1.807) is 0 Å². The molecule has 28 heavy (non-hydrogen) atoms. The van der Waals surface area contributed by atoms with E-state index in [1.165, 1.54) is 12.8 Å². The monoisotopic (exact) mass is 371 g/mol. The molecular formula is C22H21N5O. The molecule has 6 nitrogen and oxygen atoms in total. The van der Waals surface area contributed by atoms with Crippen LogP contribution < -0.4 is 5.73 Å². The first-order valence-electron chi connectivity index (χ1n) is 9.43. The van der Waals surface area contributed by atoms with Gasteiger partial charge in [0.2, 0.25) is 0 Å². The van der Waals surface area contributed by atoms with E-state index in [2.05, 4.69) is 22.3 Å². The molecule has 0 atom stereocenters. The fraction of sp³-hybridized carbons (Fsp3) is 0.227. The summed E-state index contributed by atoms with van der Waals surface area (Å²) in [6.45, 7) is 3.88. The van der Waals surface area contributed by atoms with Crippen LogP contribution in [0.5, 0.6) is 0 Å². The number of nitrogens with two attached hydrogens (primary N) is 1. The maximum absolute atomic E-state index is 7.77. The Morgan fingerprint density at radius 2 is 2.00 bits per heavy atom. The lowest BCUT2D eigenvalue weighted by Crippen LogP contribution is -2.10. The van der Waals surface area contributed by atoms with Gasteiger partial charge >= 0.3 is 0 Å². The number of nitrogen functional groups attached to an aromatic ring is 1. The van der Waals surface area contributed by atoms with E-state index in [9.17, 15) is 0 Å². The van der Waals surface area contributed by atoms with Crippen molar-refractivity contribution in [2.24, 2.45) is 5.73 Å². The lowest BCUT2D eigenvalue weighted by Gasteiger charge is -2.09. The Hall–Kier alpha value is -3.41. The fourth-order valence-electron chi connectivity index (χ4n) is 3.80.